The quantitative estimate of drug-likeness (QED) is 0.695. The zero-order chi connectivity index (χ0) is 16.5. The number of hydrogen-bond donors (Lipinski definition) is 3. The SMILES string of the molecule is C[C@]12CC[C@@](O)(CN)C[C@@H]1CC[C@@H]1[C@@H]2CC[C@]2(C)[C@@H](O)CC[C@@H]12. The fourth-order valence-electron chi connectivity index (χ4n) is 7.48. The van der Waals surface area contributed by atoms with E-state index in [4.69, 9.17) is 5.73 Å². The summed E-state index contributed by atoms with van der Waals surface area (Å²) in [5.41, 5.74) is 5.82. The van der Waals surface area contributed by atoms with Crippen LogP contribution in [0, 0.1) is 34.5 Å². The molecule has 0 radical (unpaired) electrons. The van der Waals surface area contributed by atoms with Crippen molar-refractivity contribution < 1.29 is 10.2 Å². The number of aliphatic hydroxyl groups excluding tert-OH is 1. The highest BCUT2D eigenvalue weighted by atomic mass is 16.3. The van der Waals surface area contributed by atoms with E-state index in [2.05, 4.69) is 13.8 Å². The molecule has 4 fully saturated rings. The lowest BCUT2D eigenvalue weighted by Gasteiger charge is -2.61. The maximum Gasteiger partial charge on any atom is 0.0772 e. The van der Waals surface area contributed by atoms with Gasteiger partial charge in [-0.25, -0.2) is 0 Å². The molecule has 0 unspecified atom stereocenters. The molecule has 4 rings (SSSR count). The minimum atomic E-state index is -0.607. The molecular weight excluding hydrogens is 286 g/mol. The Morgan fingerprint density at radius 1 is 0.913 bits per heavy atom. The van der Waals surface area contributed by atoms with Gasteiger partial charge in [-0.15, -0.1) is 0 Å². The van der Waals surface area contributed by atoms with Gasteiger partial charge in [-0.05, 0) is 92.3 Å². The predicted octanol–water partition coefficient (Wildman–Crippen LogP) is 3.08. The van der Waals surface area contributed by atoms with E-state index in [1.807, 2.05) is 0 Å². The minimum absolute atomic E-state index is 0.0762. The van der Waals surface area contributed by atoms with Gasteiger partial charge in [0.2, 0.25) is 0 Å². The Balaban J connectivity index is 1.60. The zero-order valence-corrected chi connectivity index (χ0v) is 14.9. The highest BCUT2D eigenvalue weighted by Gasteiger charge is 2.60. The van der Waals surface area contributed by atoms with Crippen LogP contribution < -0.4 is 5.73 Å². The van der Waals surface area contributed by atoms with Gasteiger partial charge in [-0.1, -0.05) is 13.8 Å². The standard InChI is InChI=1S/C20H35NO2/c1-18-9-10-20(23,12-21)11-13(18)3-4-14-15-5-6-17(22)19(15,2)8-7-16(14)18/h13-17,22-23H,3-12,21H2,1-2H3/t13-,14-,15-,16-,17-,18-,19-,20-/m0/s1. The Morgan fingerprint density at radius 3 is 2.39 bits per heavy atom. The summed E-state index contributed by atoms with van der Waals surface area (Å²) in [6, 6.07) is 0. The molecule has 4 saturated carbocycles. The van der Waals surface area contributed by atoms with Crippen LogP contribution in [-0.2, 0) is 0 Å². The molecule has 4 N–H and O–H groups in total. The number of hydrogen-bond acceptors (Lipinski definition) is 3. The van der Waals surface area contributed by atoms with Gasteiger partial charge in [0.1, 0.15) is 0 Å². The van der Waals surface area contributed by atoms with Gasteiger partial charge in [0, 0.05) is 6.54 Å². The van der Waals surface area contributed by atoms with Crippen molar-refractivity contribution >= 4 is 0 Å². The van der Waals surface area contributed by atoms with Crippen LogP contribution in [0.5, 0.6) is 0 Å². The van der Waals surface area contributed by atoms with Crippen LogP contribution >= 0.6 is 0 Å². The van der Waals surface area contributed by atoms with E-state index in [9.17, 15) is 10.2 Å². The number of fused-ring (bicyclic) bond motifs is 5. The van der Waals surface area contributed by atoms with Crippen molar-refractivity contribution in [2.24, 2.45) is 40.2 Å². The molecule has 4 aliphatic carbocycles. The van der Waals surface area contributed by atoms with Crippen molar-refractivity contribution in [2.75, 3.05) is 6.54 Å². The van der Waals surface area contributed by atoms with E-state index in [1.165, 1.54) is 32.1 Å². The van der Waals surface area contributed by atoms with Crippen LogP contribution in [0.4, 0.5) is 0 Å². The highest BCUT2D eigenvalue weighted by Crippen LogP contribution is 2.66. The largest absolute Gasteiger partial charge is 0.393 e. The fraction of sp³-hybridized carbons (Fsp3) is 1.00. The minimum Gasteiger partial charge on any atom is -0.393 e. The predicted molar refractivity (Wildman–Crippen MR) is 91.7 cm³/mol. The molecule has 0 saturated heterocycles. The molecule has 3 heteroatoms. The van der Waals surface area contributed by atoms with Gasteiger partial charge in [-0.3, -0.25) is 0 Å². The lowest BCUT2D eigenvalue weighted by molar-refractivity contribution is -0.152. The molecule has 3 nitrogen and oxygen atoms in total. The van der Waals surface area contributed by atoms with Gasteiger partial charge in [0.05, 0.1) is 11.7 Å². The summed E-state index contributed by atoms with van der Waals surface area (Å²) in [4.78, 5) is 0. The van der Waals surface area contributed by atoms with E-state index in [1.54, 1.807) is 0 Å². The first-order valence-electron chi connectivity index (χ1n) is 9.93. The maximum atomic E-state index is 10.7. The second-order valence-electron chi connectivity index (χ2n) is 9.93. The Hall–Kier alpha value is -0.120. The molecule has 0 aromatic rings. The Morgan fingerprint density at radius 2 is 1.65 bits per heavy atom. The first-order valence-corrected chi connectivity index (χ1v) is 9.93. The second kappa shape index (κ2) is 5.19. The number of aliphatic hydroxyl groups is 2. The molecule has 132 valence electrons. The Kier molecular flexibility index (Phi) is 3.69. The monoisotopic (exact) mass is 321 g/mol. The molecule has 4 aliphatic rings. The topological polar surface area (TPSA) is 66.5 Å². The van der Waals surface area contributed by atoms with E-state index in [0.29, 0.717) is 17.9 Å². The number of nitrogens with two attached hydrogens (primary N) is 1. The van der Waals surface area contributed by atoms with Crippen molar-refractivity contribution in [3.05, 3.63) is 0 Å². The summed E-state index contributed by atoms with van der Waals surface area (Å²) in [7, 11) is 0. The third-order valence-electron chi connectivity index (χ3n) is 9.15. The van der Waals surface area contributed by atoms with Crippen molar-refractivity contribution in [3.63, 3.8) is 0 Å². The Bertz CT molecular complexity index is 482. The second-order valence-corrected chi connectivity index (χ2v) is 9.93. The summed E-state index contributed by atoms with van der Waals surface area (Å²) in [6.07, 6.45) is 10.1. The summed E-state index contributed by atoms with van der Waals surface area (Å²) in [6.45, 7) is 5.28. The molecule has 23 heavy (non-hydrogen) atoms. The molecule has 0 aromatic carbocycles. The smallest absolute Gasteiger partial charge is 0.0772 e. The van der Waals surface area contributed by atoms with Crippen LogP contribution in [0.25, 0.3) is 0 Å². The third kappa shape index (κ3) is 2.19. The zero-order valence-electron chi connectivity index (χ0n) is 14.9. The number of rotatable bonds is 1. The van der Waals surface area contributed by atoms with E-state index < -0.39 is 5.60 Å². The lowest BCUT2D eigenvalue weighted by Crippen LogP contribution is -2.57. The van der Waals surface area contributed by atoms with Crippen molar-refractivity contribution in [1.82, 2.24) is 0 Å². The van der Waals surface area contributed by atoms with Gasteiger partial charge >= 0.3 is 0 Å². The van der Waals surface area contributed by atoms with E-state index in [-0.39, 0.29) is 11.5 Å². The van der Waals surface area contributed by atoms with E-state index >= 15 is 0 Å². The summed E-state index contributed by atoms with van der Waals surface area (Å²) >= 11 is 0. The van der Waals surface area contributed by atoms with Crippen LogP contribution in [0.15, 0.2) is 0 Å². The van der Waals surface area contributed by atoms with Crippen LogP contribution in [0.1, 0.15) is 71.6 Å². The van der Waals surface area contributed by atoms with Crippen molar-refractivity contribution in [1.29, 1.82) is 0 Å². The van der Waals surface area contributed by atoms with Gasteiger partial charge in [0.25, 0.3) is 0 Å². The first kappa shape index (κ1) is 16.4. The molecule has 0 aliphatic heterocycles. The van der Waals surface area contributed by atoms with Gasteiger partial charge < -0.3 is 15.9 Å². The Labute approximate surface area is 141 Å². The highest BCUT2D eigenvalue weighted by molar-refractivity contribution is 5.10. The van der Waals surface area contributed by atoms with Gasteiger partial charge in [0.15, 0.2) is 0 Å². The van der Waals surface area contributed by atoms with Gasteiger partial charge in [-0.2, -0.15) is 0 Å². The summed E-state index contributed by atoms with van der Waals surface area (Å²) in [5, 5.41) is 21.2. The molecular formula is C20H35NO2. The normalized spacial score (nSPS) is 59.1. The van der Waals surface area contributed by atoms with Crippen LogP contribution in [0.2, 0.25) is 0 Å². The molecule has 0 bridgehead atoms. The van der Waals surface area contributed by atoms with Crippen molar-refractivity contribution in [2.45, 2.75) is 83.3 Å². The summed E-state index contributed by atoms with van der Waals surface area (Å²) in [5.74, 6) is 2.97. The lowest BCUT2D eigenvalue weighted by atomic mass is 9.44. The molecule has 0 aromatic heterocycles. The van der Waals surface area contributed by atoms with Crippen LogP contribution in [-0.4, -0.2) is 28.5 Å². The molecule has 0 heterocycles. The van der Waals surface area contributed by atoms with E-state index in [0.717, 1.165) is 43.4 Å². The molecule has 0 spiro atoms. The van der Waals surface area contributed by atoms with Crippen molar-refractivity contribution in [3.8, 4) is 0 Å². The average Bonchev–Trinajstić information content (AvgIpc) is 2.84. The summed E-state index contributed by atoms with van der Waals surface area (Å²) < 4.78 is 0. The molecule has 0 amide bonds. The average molecular weight is 322 g/mol. The fourth-order valence-corrected chi connectivity index (χ4v) is 7.48. The first-order chi connectivity index (χ1) is 10.8. The third-order valence-corrected chi connectivity index (χ3v) is 9.15. The maximum absolute atomic E-state index is 10.7. The molecule has 8 atom stereocenters. The van der Waals surface area contributed by atoms with Crippen LogP contribution in [0.3, 0.4) is 0 Å².